The number of aliphatic hydroxyl groups is 1. The van der Waals surface area contributed by atoms with E-state index in [2.05, 4.69) is 5.32 Å². The Balaban J connectivity index is 2.42. The van der Waals surface area contributed by atoms with Crippen LogP contribution in [0, 0.1) is 6.92 Å². The molecule has 0 fully saturated rings. The largest absolute Gasteiger partial charge is 0.394 e. The van der Waals surface area contributed by atoms with Gasteiger partial charge in [0.15, 0.2) is 0 Å². The van der Waals surface area contributed by atoms with Gasteiger partial charge in [-0.05, 0) is 31.6 Å². The second-order valence-corrected chi connectivity index (χ2v) is 5.27. The first-order valence-electron chi connectivity index (χ1n) is 5.80. The average Bonchev–Trinajstić information content (AvgIpc) is 2.78. The van der Waals surface area contributed by atoms with Crippen LogP contribution < -0.4 is 5.32 Å². The van der Waals surface area contributed by atoms with Crippen LogP contribution in [0.25, 0.3) is 6.08 Å². The van der Waals surface area contributed by atoms with E-state index in [-0.39, 0.29) is 18.6 Å². The number of carbonyl (C=O) groups is 1. The molecule has 0 aliphatic rings. The molecule has 0 aromatic carbocycles. The molecule has 1 aromatic heterocycles. The van der Waals surface area contributed by atoms with Crippen LogP contribution in [0.3, 0.4) is 0 Å². The maximum absolute atomic E-state index is 11.6. The summed E-state index contributed by atoms with van der Waals surface area (Å²) in [5.41, 5.74) is 0. The van der Waals surface area contributed by atoms with Crippen LogP contribution in [-0.4, -0.2) is 37.4 Å². The molecule has 100 valence electrons. The van der Waals surface area contributed by atoms with Gasteiger partial charge in [-0.2, -0.15) is 0 Å². The zero-order valence-electron chi connectivity index (χ0n) is 10.7. The molecule has 0 spiro atoms. The molecule has 1 rings (SSSR count). The van der Waals surface area contributed by atoms with Crippen LogP contribution in [0.2, 0.25) is 0 Å². The molecule has 4 nitrogen and oxygen atoms in total. The number of methoxy groups -OCH3 is 1. The van der Waals surface area contributed by atoms with Gasteiger partial charge in [-0.25, -0.2) is 0 Å². The number of aliphatic hydroxyl groups excluding tert-OH is 1. The fraction of sp³-hybridized carbons (Fsp3) is 0.462. The first-order chi connectivity index (χ1) is 8.65. The first-order valence-corrected chi connectivity index (χ1v) is 6.62. The normalized spacial score (nSPS) is 12.8. The molecule has 1 atom stereocenters. The number of hydrogen-bond acceptors (Lipinski definition) is 4. The third kappa shape index (κ3) is 5.44. The molecule has 18 heavy (non-hydrogen) atoms. The molecule has 5 heteroatoms. The Hall–Kier alpha value is -1.17. The Labute approximate surface area is 111 Å². The van der Waals surface area contributed by atoms with E-state index in [1.807, 2.05) is 19.1 Å². The first kappa shape index (κ1) is 14.9. The number of thiophene rings is 1. The van der Waals surface area contributed by atoms with Gasteiger partial charge in [0.05, 0.1) is 12.6 Å². The SMILES string of the molecule is COCCC(CO)NC(=O)/C=C/c1ccc(C)s1. The van der Waals surface area contributed by atoms with E-state index in [1.165, 1.54) is 11.0 Å². The summed E-state index contributed by atoms with van der Waals surface area (Å²) in [5, 5.41) is 11.8. The van der Waals surface area contributed by atoms with Gasteiger partial charge in [0.2, 0.25) is 5.91 Å². The predicted octanol–water partition coefficient (Wildman–Crippen LogP) is 1.58. The summed E-state index contributed by atoms with van der Waals surface area (Å²) in [6, 6.07) is 3.72. The lowest BCUT2D eigenvalue weighted by Gasteiger charge is -2.14. The van der Waals surface area contributed by atoms with E-state index in [4.69, 9.17) is 9.84 Å². The van der Waals surface area contributed by atoms with E-state index in [0.29, 0.717) is 13.0 Å². The molecule has 1 amide bonds. The fourth-order valence-corrected chi connectivity index (χ4v) is 2.20. The molecule has 1 unspecified atom stereocenters. The van der Waals surface area contributed by atoms with Crippen molar-refractivity contribution in [1.29, 1.82) is 0 Å². The van der Waals surface area contributed by atoms with Gasteiger partial charge in [-0.3, -0.25) is 4.79 Å². The zero-order chi connectivity index (χ0) is 13.4. The molecular formula is C13H19NO3S. The smallest absolute Gasteiger partial charge is 0.244 e. The maximum Gasteiger partial charge on any atom is 0.244 e. The quantitative estimate of drug-likeness (QED) is 0.739. The summed E-state index contributed by atoms with van der Waals surface area (Å²) in [7, 11) is 1.59. The number of hydrogen-bond donors (Lipinski definition) is 2. The standard InChI is InChI=1S/C13H19NO3S/c1-10-3-4-12(18-10)5-6-13(16)14-11(9-15)7-8-17-2/h3-6,11,15H,7-9H2,1-2H3,(H,14,16)/b6-5+. The van der Waals surface area contributed by atoms with E-state index < -0.39 is 0 Å². The van der Waals surface area contributed by atoms with Crippen LogP contribution in [0.1, 0.15) is 16.2 Å². The van der Waals surface area contributed by atoms with Crippen LogP contribution in [0.15, 0.2) is 18.2 Å². The van der Waals surface area contributed by atoms with Crippen LogP contribution in [0.4, 0.5) is 0 Å². The van der Waals surface area contributed by atoms with Gasteiger partial charge >= 0.3 is 0 Å². The summed E-state index contributed by atoms with van der Waals surface area (Å²) in [5.74, 6) is -0.198. The molecule has 0 saturated heterocycles. The van der Waals surface area contributed by atoms with E-state index in [0.717, 1.165) is 4.88 Å². The summed E-state index contributed by atoms with van der Waals surface area (Å²) in [6.45, 7) is 2.45. The highest BCUT2D eigenvalue weighted by Crippen LogP contribution is 2.16. The minimum absolute atomic E-state index is 0.0823. The molecule has 0 saturated carbocycles. The van der Waals surface area contributed by atoms with Crippen molar-refractivity contribution in [1.82, 2.24) is 5.32 Å². The topological polar surface area (TPSA) is 58.6 Å². The van der Waals surface area contributed by atoms with Crippen molar-refractivity contribution in [3.8, 4) is 0 Å². The van der Waals surface area contributed by atoms with Gasteiger partial charge in [0, 0.05) is 29.5 Å². The lowest BCUT2D eigenvalue weighted by molar-refractivity contribution is -0.117. The minimum atomic E-state index is -0.257. The van der Waals surface area contributed by atoms with Crippen LogP contribution in [0.5, 0.6) is 0 Å². The van der Waals surface area contributed by atoms with Crippen LogP contribution in [-0.2, 0) is 9.53 Å². The van der Waals surface area contributed by atoms with Crippen molar-refractivity contribution in [2.75, 3.05) is 20.3 Å². The number of nitrogens with one attached hydrogen (secondary N) is 1. The average molecular weight is 269 g/mol. The van der Waals surface area contributed by atoms with Crippen molar-refractivity contribution in [3.63, 3.8) is 0 Å². The Bertz CT molecular complexity index is 401. The molecule has 2 N–H and O–H groups in total. The van der Waals surface area contributed by atoms with Gasteiger partial charge in [-0.15, -0.1) is 11.3 Å². The van der Waals surface area contributed by atoms with Crippen LogP contribution >= 0.6 is 11.3 Å². The van der Waals surface area contributed by atoms with Crippen molar-refractivity contribution in [3.05, 3.63) is 28.0 Å². The molecular weight excluding hydrogens is 250 g/mol. The van der Waals surface area contributed by atoms with Crippen molar-refractivity contribution >= 4 is 23.3 Å². The third-order valence-electron chi connectivity index (χ3n) is 2.40. The Kier molecular flexibility index (Phi) is 6.64. The Morgan fingerprint density at radius 2 is 2.39 bits per heavy atom. The number of ether oxygens (including phenoxy) is 1. The number of amides is 1. The lowest BCUT2D eigenvalue weighted by Crippen LogP contribution is -2.37. The highest BCUT2D eigenvalue weighted by Gasteiger charge is 2.08. The fourth-order valence-electron chi connectivity index (χ4n) is 1.42. The van der Waals surface area contributed by atoms with Crippen molar-refractivity contribution in [2.24, 2.45) is 0 Å². The summed E-state index contributed by atoms with van der Waals surface area (Å²) in [4.78, 5) is 13.9. The lowest BCUT2D eigenvalue weighted by atomic mass is 10.2. The molecule has 0 radical (unpaired) electrons. The van der Waals surface area contributed by atoms with Gasteiger partial charge in [0.1, 0.15) is 0 Å². The minimum Gasteiger partial charge on any atom is -0.394 e. The zero-order valence-corrected chi connectivity index (χ0v) is 11.5. The van der Waals surface area contributed by atoms with E-state index >= 15 is 0 Å². The summed E-state index contributed by atoms with van der Waals surface area (Å²) in [6.07, 6.45) is 3.86. The molecule has 0 aliphatic heterocycles. The van der Waals surface area contributed by atoms with Gasteiger partial charge in [0.25, 0.3) is 0 Å². The monoisotopic (exact) mass is 269 g/mol. The molecule has 0 bridgehead atoms. The Morgan fingerprint density at radius 3 is 2.94 bits per heavy atom. The predicted molar refractivity (Wildman–Crippen MR) is 73.6 cm³/mol. The van der Waals surface area contributed by atoms with E-state index in [1.54, 1.807) is 24.5 Å². The van der Waals surface area contributed by atoms with Gasteiger partial charge < -0.3 is 15.2 Å². The summed E-state index contributed by atoms with van der Waals surface area (Å²) >= 11 is 1.63. The highest BCUT2D eigenvalue weighted by atomic mass is 32.1. The third-order valence-corrected chi connectivity index (χ3v) is 3.36. The number of rotatable bonds is 7. The van der Waals surface area contributed by atoms with Crippen molar-refractivity contribution in [2.45, 2.75) is 19.4 Å². The van der Waals surface area contributed by atoms with E-state index in [9.17, 15) is 4.79 Å². The van der Waals surface area contributed by atoms with Crippen molar-refractivity contribution < 1.29 is 14.6 Å². The second kappa shape index (κ2) is 8.02. The molecule has 0 aliphatic carbocycles. The number of aryl methyl sites for hydroxylation is 1. The molecule has 1 heterocycles. The molecule has 1 aromatic rings. The maximum atomic E-state index is 11.6. The second-order valence-electron chi connectivity index (χ2n) is 3.95. The number of carbonyl (C=O) groups excluding carboxylic acids is 1. The Morgan fingerprint density at radius 1 is 1.61 bits per heavy atom. The summed E-state index contributed by atoms with van der Waals surface area (Å²) < 4.78 is 4.91. The highest BCUT2D eigenvalue weighted by molar-refractivity contribution is 7.12. The van der Waals surface area contributed by atoms with Gasteiger partial charge in [-0.1, -0.05) is 0 Å².